The Hall–Kier alpha value is -3.65. The Labute approximate surface area is 191 Å². The Bertz CT molecular complexity index is 1320. The monoisotopic (exact) mass is 491 g/mol. The predicted octanol–water partition coefficient (Wildman–Crippen LogP) is 5.24. The number of carboxylic acid groups (broad SMARTS) is 1. The molecule has 0 saturated heterocycles. The minimum absolute atomic E-state index is 0.0505. The van der Waals surface area contributed by atoms with E-state index in [0.29, 0.717) is 10.9 Å². The number of halogens is 1. The highest BCUT2D eigenvalue weighted by Gasteiger charge is 2.29. The Morgan fingerprint density at radius 1 is 1.03 bits per heavy atom. The van der Waals surface area contributed by atoms with Gasteiger partial charge in [-0.2, -0.15) is 5.10 Å². The second-order valence-electron chi connectivity index (χ2n) is 7.51. The molecule has 32 heavy (non-hydrogen) atoms. The molecule has 1 amide bonds. The molecule has 8 heteroatoms. The molecule has 160 valence electrons. The molecule has 0 atom stereocenters. The number of aliphatic carboxylic acids is 1. The highest BCUT2D eigenvalue weighted by atomic mass is 79.9. The van der Waals surface area contributed by atoms with Crippen LogP contribution in [0.25, 0.3) is 22.0 Å². The number of hydrogen-bond acceptors (Lipinski definition) is 4. The van der Waals surface area contributed by atoms with E-state index >= 15 is 0 Å². The van der Waals surface area contributed by atoms with Crippen LogP contribution in [-0.4, -0.2) is 33.6 Å². The van der Waals surface area contributed by atoms with Crippen LogP contribution in [0.15, 0.2) is 71.2 Å². The van der Waals surface area contributed by atoms with Crippen LogP contribution >= 0.6 is 15.9 Å². The number of fused-ring (bicyclic) bond motifs is 4. The van der Waals surface area contributed by atoms with Gasteiger partial charge in [-0.15, -0.1) is 0 Å². The van der Waals surface area contributed by atoms with Crippen molar-refractivity contribution in [2.75, 3.05) is 11.9 Å². The molecule has 0 spiro atoms. The maximum absolute atomic E-state index is 12.6. The third-order valence-electron chi connectivity index (χ3n) is 5.56. The molecular weight excluding hydrogens is 474 g/mol. The van der Waals surface area contributed by atoms with E-state index in [1.807, 2.05) is 24.3 Å². The second kappa shape index (κ2) is 8.12. The van der Waals surface area contributed by atoms with Gasteiger partial charge in [-0.1, -0.05) is 64.5 Å². The number of amides is 1. The van der Waals surface area contributed by atoms with Crippen molar-refractivity contribution in [2.45, 2.75) is 12.5 Å². The summed E-state index contributed by atoms with van der Waals surface area (Å²) in [5.74, 6) is -0.821. The van der Waals surface area contributed by atoms with Crippen molar-refractivity contribution in [1.29, 1.82) is 0 Å². The standard InChI is InChI=1S/C24H18BrN3O4/c25-14-9-10-19-21(11-14)28(12-22(29)30)27-23(19)26-24(31)32-13-20-17-7-3-1-5-15(17)16-6-2-4-8-18(16)20/h1-11,20H,12-13H2,(H,29,30)(H,26,27,31). The first-order valence-electron chi connectivity index (χ1n) is 10.0. The van der Waals surface area contributed by atoms with Crippen LogP contribution in [0.3, 0.4) is 0 Å². The third kappa shape index (κ3) is 3.62. The van der Waals surface area contributed by atoms with E-state index in [2.05, 4.69) is 50.6 Å². The molecule has 0 radical (unpaired) electrons. The van der Waals surface area contributed by atoms with Crippen LogP contribution in [0, 0.1) is 0 Å². The maximum Gasteiger partial charge on any atom is 0.412 e. The SMILES string of the molecule is O=C(O)Cn1nc(NC(=O)OCC2c3ccccc3-c3ccccc32)c2ccc(Br)cc21. The molecule has 5 rings (SSSR count). The summed E-state index contributed by atoms with van der Waals surface area (Å²) in [6, 6.07) is 21.6. The van der Waals surface area contributed by atoms with Crippen molar-refractivity contribution >= 4 is 44.7 Å². The number of carboxylic acids is 1. The van der Waals surface area contributed by atoms with Crippen molar-refractivity contribution < 1.29 is 19.4 Å². The molecule has 1 heterocycles. The fourth-order valence-corrected chi connectivity index (χ4v) is 4.57. The zero-order valence-corrected chi connectivity index (χ0v) is 18.4. The first-order chi connectivity index (χ1) is 15.5. The predicted molar refractivity (Wildman–Crippen MR) is 124 cm³/mol. The van der Waals surface area contributed by atoms with Gasteiger partial charge < -0.3 is 9.84 Å². The molecule has 1 aromatic heterocycles. The molecule has 0 saturated carbocycles. The lowest BCUT2D eigenvalue weighted by atomic mass is 9.98. The number of benzene rings is 3. The number of nitrogens with one attached hydrogen (secondary N) is 1. The lowest BCUT2D eigenvalue weighted by molar-refractivity contribution is -0.137. The second-order valence-corrected chi connectivity index (χ2v) is 8.43. The Balaban J connectivity index is 1.36. The number of ether oxygens (including phenoxy) is 1. The topological polar surface area (TPSA) is 93.5 Å². The van der Waals surface area contributed by atoms with Crippen molar-refractivity contribution in [3.8, 4) is 11.1 Å². The van der Waals surface area contributed by atoms with E-state index in [4.69, 9.17) is 9.84 Å². The minimum atomic E-state index is -1.03. The lowest BCUT2D eigenvalue weighted by Gasteiger charge is -2.14. The number of nitrogens with zero attached hydrogens (tertiary/aromatic N) is 2. The summed E-state index contributed by atoms with van der Waals surface area (Å²) in [4.78, 5) is 23.8. The van der Waals surface area contributed by atoms with Crippen molar-refractivity contribution in [3.05, 3.63) is 82.3 Å². The number of aromatic nitrogens is 2. The van der Waals surface area contributed by atoms with Crippen LogP contribution < -0.4 is 5.32 Å². The van der Waals surface area contributed by atoms with Gasteiger partial charge in [0.2, 0.25) is 0 Å². The summed E-state index contributed by atoms with van der Waals surface area (Å²) < 4.78 is 7.70. The number of carbonyl (C=O) groups is 2. The number of carbonyl (C=O) groups excluding carboxylic acids is 1. The number of rotatable bonds is 5. The highest BCUT2D eigenvalue weighted by Crippen LogP contribution is 2.44. The molecule has 0 aliphatic heterocycles. The summed E-state index contributed by atoms with van der Waals surface area (Å²) in [5, 5.41) is 16.7. The first-order valence-corrected chi connectivity index (χ1v) is 10.8. The number of hydrogen-bond donors (Lipinski definition) is 2. The van der Waals surface area contributed by atoms with Crippen LogP contribution in [0.5, 0.6) is 0 Å². The summed E-state index contributed by atoms with van der Waals surface area (Å²) in [5.41, 5.74) is 5.16. The van der Waals surface area contributed by atoms with Crippen molar-refractivity contribution in [1.82, 2.24) is 9.78 Å². The molecular formula is C24H18BrN3O4. The van der Waals surface area contributed by atoms with E-state index in [9.17, 15) is 9.59 Å². The van der Waals surface area contributed by atoms with Gasteiger partial charge in [0.25, 0.3) is 0 Å². The smallest absolute Gasteiger partial charge is 0.412 e. The Kier molecular flexibility index (Phi) is 5.14. The first kappa shape index (κ1) is 20.3. The highest BCUT2D eigenvalue weighted by molar-refractivity contribution is 9.10. The average Bonchev–Trinajstić information content (AvgIpc) is 3.27. The van der Waals surface area contributed by atoms with Gasteiger partial charge in [0, 0.05) is 15.8 Å². The van der Waals surface area contributed by atoms with E-state index in [0.717, 1.165) is 26.7 Å². The zero-order valence-electron chi connectivity index (χ0n) is 16.8. The molecule has 2 N–H and O–H groups in total. The summed E-state index contributed by atoms with van der Waals surface area (Å²) >= 11 is 3.38. The average molecular weight is 492 g/mol. The van der Waals surface area contributed by atoms with Gasteiger partial charge in [-0.25, -0.2) is 4.79 Å². The van der Waals surface area contributed by atoms with Gasteiger partial charge in [0.1, 0.15) is 13.2 Å². The molecule has 1 aliphatic rings. The molecule has 0 bridgehead atoms. The van der Waals surface area contributed by atoms with Crippen LogP contribution in [-0.2, 0) is 16.1 Å². The maximum atomic E-state index is 12.6. The number of anilines is 1. The van der Waals surface area contributed by atoms with Gasteiger partial charge in [-0.05, 0) is 40.5 Å². The van der Waals surface area contributed by atoms with E-state index in [-0.39, 0.29) is 24.9 Å². The van der Waals surface area contributed by atoms with Crippen LogP contribution in [0.4, 0.5) is 10.6 Å². The summed E-state index contributed by atoms with van der Waals surface area (Å²) in [7, 11) is 0. The Morgan fingerprint density at radius 2 is 1.69 bits per heavy atom. The largest absolute Gasteiger partial charge is 0.480 e. The molecule has 1 aliphatic carbocycles. The van der Waals surface area contributed by atoms with Crippen LogP contribution in [0.1, 0.15) is 17.0 Å². The van der Waals surface area contributed by atoms with Crippen molar-refractivity contribution in [2.24, 2.45) is 0 Å². The molecule has 3 aromatic carbocycles. The molecule has 0 fully saturated rings. The molecule has 0 unspecified atom stereocenters. The van der Waals surface area contributed by atoms with E-state index < -0.39 is 12.1 Å². The van der Waals surface area contributed by atoms with Crippen molar-refractivity contribution in [3.63, 3.8) is 0 Å². The quantitative estimate of drug-likeness (QED) is 0.397. The van der Waals surface area contributed by atoms with E-state index in [1.54, 1.807) is 18.2 Å². The fraction of sp³-hybridized carbons (Fsp3) is 0.125. The lowest BCUT2D eigenvalue weighted by Crippen LogP contribution is -2.18. The fourth-order valence-electron chi connectivity index (χ4n) is 4.22. The van der Waals surface area contributed by atoms with Gasteiger partial charge in [0.05, 0.1) is 5.52 Å². The van der Waals surface area contributed by atoms with Gasteiger partial charge >= 0.3 is 12.1 Å². The van der Waals surface area contributed by atoms with Gasteiger partial charge in [-0.3, -0.25) is 14.8 Å². The zero-order chi connectivity index (χ0) is 22.2. The summed E-state index contributed by atoms with van der Waals surface area (Å²) in [6.07, 6.45) is -0.642. The third-order valence-corrected chi connectivity index (χ3v) is 6.06. The van der Waals surface area contributed by atoms with Gasteiger partial charge in [0.15, 0.2) is 5.82 Å². The van der Waals surface area contributed by atoms with E-state index in [1.165, 1.54) is 4.68 Å². The van der Waals surface area contributed by atoms with Crippen LogP contribution in [0.2, 0.25) is 0 Å². The Morgan fingerprint density at radius 3 is 2.34 bits per heavy atom. The minimum Gasteiger partial charge on any atom is -0.480 e. The normalized spacial score (nSPS) is 12.4. The molecule has 7 nitrogen and oxygen atoms in total. The molecule has 4 aromatic rings. The summed E-state index contributed by atoms with van der Waals surface area (Å²) in [6.45, 7) is -0.140.